The number of aryl methyl sites for hydroxylation is 2. The van der Waals surface area contributed by atoms with Gasteiger partial charge in [0.15, 0.2) is 0 Å². The van der Waals surface area contributed by atoms with Crippen molar-refractivity contribution in [1.29, 1.82) is 0 Å². The van der Waals surface area contributed by atoms with Gasteiger partial charge in [-0.1, -0.05) is 0 Å². The van der Waals surface area contributed by atoms with Crippen molar-refractivity contribution in [2.24, 2.45) is 0 Å². The highest BCUT2D eigenvalue weighted by atomic mass is 32.2. The smallest absolute Gasteiger partial charge is 0.248 e. The minimum absolute atomic E-state index is 0.109. The highest BCUT2D eigenvalue weighted by Crippen LogP contribution is 2.29. The predicted octanol–water partition coefficient (Wildman–Crippen LogP) is 2.99. The Labute approximate surface area is 231 Å². The molecule has 1 aromatic carbocycles. The van der Waals surface area contributed by atoms with Crippen molar-refractivity contribution in [2.45, 2.75) is 71.4 Å². The van der Waals surface area contributed by atoms with Gasteiger partial charge in [0.1, 0.15) is 12.4 Å². The van der Waals surface area contributed by atoms with Gasteiger partial charge in [0.25, 0.3) is 0 Å². The molecule has 2 heterocycles. The van der Waals surface area contributed by atoms with E-state index >= 15 is 0 Å². The quantitative estimate of drug-likeness (QED) is 0.440. The van der Waals surface area contributed by atoms with E-state index in [9.17, 15) is 13.2 Å². The molecule has 0 N–H and O–H groups in total. The topological polar surface area (TPSA) is 82.6 Å². The first-order valence-corrected chi connectivity index (χ1v) is 15.3. The molecule has 3 rings (SSSR count). The maximum absolute atomic E-state index is 12.6. The summed E-state index contributed by atoms with van der Waals surface area (Å²) in [6.45, 7) is 19.9. The number of hydrogen-bond acceptors (Lipinski definition) is 7. The summed E-state index contributed by atoms with van der Waals surface area (Å²) in [6, 6.07) is 4.71. The van der Waals surface area contributed by atoms with Gasteiger partial charge in [-0.05, 0) is 77.6 Å². The minimum Gasteiger partial charge on any atom is -0.497 e. The van der Waals surface area contributed by atoms with Crippen LogP contribution in [0, 0.1) is 13.8 Å². The van der Waals surface area contributed by atoms with Crippen LogP contribution in [0.4, 0.5) is 0 Å². The summed E-state index contributed by atoms with van der Waals surface area (Å²) >= 11 is 0. The van der Waals surface area contributed by atoms with Gasteiger partial charge in [0.2, 0.25) is 15.9 Å². The summed E-state index contributed by atoms with van der Waals surface area (Å²) in [5.41, 5.74) is 1.50. The van der Waals surface area contributed by atoms with Crippen LogP contribution in [0.5, 0.6) is 5.75 Å². The van der Waals surface area contributed by atoms with E-state index in [1.165, 1.54) is 0 Å². The highest BCUT2D eigenvalue weighted by Gasteiger charge is 2.30. The highest BCUT2D eigenvalue weighted by molar-refractivity contribution is 7.89. The molecule has 0 unspecified atom stereocenters. The molecule has 0 saturated carbocycles. The van der Waals surface area contributed by atoms with Crippen LogP contribution >= 0.6 is 0 Å². The van der Waals surface area contributed by atoms with E-state index in [1.807, 2.05) is 18.7 Å². The average Bonchev–Trinajstić information content (AvgIpc) is 3.40. The van der Waals surface area contributed by atoms with Crippen molar-refractivity contribution >= 4 is 15.9 Å². The first kappa shape index (κ1) is 32.5. The number of nitrogens with zero attached hydrogens (tertiary/aromatic N) is 4. The van der Waals surface area contributed by atoms with E-state index < -0.39 is 10.0 Å². The summed E-state index contributed by atoms with van der Waals surface area (Å²) in [7, 11) is -0.191. The van der Waals surface area contributed by atoms with Crippen LogP contribution in [-0.4, -0.2) is 119 Å². The van der Waals surface area contributed by atoms with Gasteiger partial charge in [-0.2, -0.15) is 4.31 Å². The number of piperazine rings is 1. The molecule has 38 heavy (non-hydrogen) atoms. The number of rotatable bonds is 10. The molecule has 0 aromatic heterocycles. The Morgan fingerprint density at radius 3 is 1.89 bits per heavy atom. The lowest BCUT2D eigenvalue weighted by Crippen LogP contribution is -2.51. The molecule has 2 saturated heterocycles. The number of hydrogen-bond donors (Lipinski definition) is 0. The Bertz CT molecular complexity index is 954. The molecule has 10 heteroatoms. The van der Waals surface area contributed by atoms with Crippen LogP contribution < -0.4 is 4.74 Å². The number of carbonyl (C=O) groups excluding carboxylic acids is 1. The molecule has 0 atom stereocenters. The zero-order chi connectivity index (χ0) is 28.5. The summed E-state index contributed by atoms with van der Waals surface area (Å²) in [4.78, 5) is 19.0. The summed E-state index contributed by atoms with van der Waals surface area (Å²) in [5.74, 6) is 0.809. The maximum Gasteiger partial charge on any atom is 0.248 e. The molecule has 0 radical (unpaired) electrons. The molecule has 9 nitrogen and oxygen atoms in total. The van der Waals surface area contributed by atoms with E-state index in [1.54, 1.807) is 30.7 Å². The van der Waals surface area contributed by atoms with Crippen molar-refractivity contribution in [1.82, 2.24) is 19.0 Å². The van der Waals surface area contributed by atoms with Crippen molar-refractivity contribution in [3.63, 3.8) is 0 Å². The van der Waals surface area contributed by atoms with Gasteiger partial charge in [0.05, 0.1) is 12.0 Å². The predicted molar refractivity (Wildman–Crippen MR) is 152 cm³/mol. The standard InChI is InChI=1S/C15H31N3O2.C13H19NO3S/c1-13(2)18(14(3)4)11-8-16-6-9-17(10-7-16)15(19)12-20-5;1-10-8-12(17-3)9-11(2)13(10)18(15,16)14-6-4-5-7-14/h13-14H,6-12H2,1-5H3;8-9H,4-7H2,1-3H3. The fourth-order valence-corrected chi connectivity index (χ4v) is 7.23. The van der Waals surface area contributed by atoms with Crippen molar-refractivity contribution in [2.75, 3.05) is 73.2 Å². The van der Waals surface area contributed by atoms with Crippen LogP contribution in [0.25, 0.3) is 0 Å². The Hall–Kier alpha value is -1.72. The molecule has 1 aromatic rings. The van der Waals surface area contributed by atoms with Crippen molar-refractivity contribution in [3.8, 4) is 5.75 Å². The maximum atomic E-state index is 12.6. The lowest BCUT2D eigenvalue weighted by molar-refractivity contribution is -0.136. The van der Waals surface area contributed by atoms with Gasteiger partial charge < -0.3 is 14.4 Å². The molecule has 218 valence electrons. The second-order valence-electron chi connectivity index (χ2n) is 10.8. The van der Waals surface area contributed by atoms with Gasteiger partial charge >= 0.3 is 0 Å². The third kappa shape index (κ3) is 8.91. The molecule has 0 aliphatic carbocycles. The summed E-state index contributed by atoms with van der Waals surface area (Å²) in [5, 5.41) is 0. The Morgan fingerprint density at radius 1 is 0.921 bits per heavy atom. The lowest BCUT2D eigenvalue weighted by atomic mass is 10.1. The van der Waals surface area contributed by atoms with Crippen LogP contribution in [0.3, 0.4) is 0 Å². The van der Waals surface area contributed by atoms with Crippen molar-refractivity contribution in [3.05, 3.63) is 23.3 Å². The number of amides is 1. The molecule has 2 aliphatic rings. The molecule has 0 spiro atoms. The molecule has 2 fully saturated rings. The SMILES string of the molecule is COCC(=O)N1CCN(CCN(C(C)C)C(C)C)CC1.COc1cc(C)c(S(=O)(=O)N2CCCC2)c(C)c1. The van der Waals surface area contributed by atoms with Gasteiger partial charge in [-0.25, -0.2) is 8.42 Å². The largest absolute Gasteiger partial charge is 0.497 e. The normalized spacial score (nSPS) is 17.3. The fraction of sp³-hybridized carbons (Fsp3) is 0.750. The van der Waals surface area contributed by atoms with Gasteiger partial charge in [0, 0.05) is 71.6 Å². The first-order valence-electron chi connectivity index (χ1n) is 13.8. The average molecular weight is 555 g/mol. The Kier molecular flexibility index (Phi) is 13.0. The number of ether oxygens (including phenoxy) is 2. The van der Waals surface area contributed by atoms with Crippen molar-refractivity contribution < 1.29 is 22.7 Å². The fourth-order valence-electron chi connectivity index (χ4n) is 5.30. The number of carbonyl (C=O) groups is 1. The van der Waals surface area contributed by atoms with Crippen LogP contribution in [-0.2, 0) is 19.6 Å². The third-order valence-electron chi connectivity index (χ3n) is 7.33. The molecular formula is C28H50N4O5S. The molecule has 2 aliphatic heterocycles. The van der Waals surface area contributed by atoms with Gasteiger partial charge in [-0.3, -0.25) is 14.6 Å². The van der Waals surface area contributed by atoms with Gasteiger partial charge in [-0.15, -0.1) is 0 Å². The Morgan fingerprint density at radius 2 is 1.45 bits per heavy atom. The third-order valence-corrected chi connectivity index (χ3v) is 9.53. The molecule has 1 amide bonds. The Balaban J connectivity index is 0.000000268. The number of benzene rings is 1. The van der Waals surface area contributed by atoms with E-state index in [0.717, 1.165) is 63.2 Å². The van der Waals surface area contributed by atoms with Crippen LogP contribution in [0.2, 0.25) is 0 Å². The number of sulfonamides is 1. The van der Waals surface area contributed by atoms with E-state index in [2.05, 4.69) is 37.5 Å². The van der Waals surface area contributed by atoms with Crippen LogP contribution in [0.1, 0.15) is 51.7 Å². The van der Waals surface area contributed by atoms with E-state index in [4.69, 9.17) is 9.47 Å². The first-order chi connectivity index (χ1) is 17.9. The summed E-state index contributed by atoms with van der Waals surface area (Å²) in [6.07, 6.45) is 1.90. The lowest BCUT2D eigenvalue weighted by Gasteiger charge is -2.37. The van der Waals surface area contributed by atoms with E-state index in [0.29, 0.717) is 35.8 Å². The zero-order valence-corrected chi connectivity index (χ0v) is 25.6. The van der Waals surface area contributed by atoms with Crippen LogP contribution in [0.15, 0.2) is 17.0 Å². The monoisotopic (exact) mass is 554 g/mol. The minimum atomic E-state index is -3.35. The van der Waals surface area contributed by atoms with E-state index in [-0.39, 0.29) is 12.5 Å². The number of methoxy groups -OCH3 is 2. The second kappa shape index (κ2) is 15.2. The molecular weight excluding hydrogens is 504 g/mol. The summed E-state index contributed by atoms with van der Waals surface area (Å²) < 4.78 is 36.8. The zero-order valence-electron chi connectivity index (χ0n) is 24.8. The molecule has 0 bridgehead atoms. The second-order valence-corrected chi connectivity index (χ2v) is 12.7.